The van der Waals surface area contributed by atoms with Crippen LogP contribution < -0.4 is 0 Å². The molecule has 2 rings (SSSR count). The molecule has 0 bridgehead atoms. The van der Waals surface area contributed by atoms with Crippen molar-refractivity contribution in [3.63, 3.8) is 0 Å². The first kappa shape index (κ1) is 15.0. The summed E-state index contributed by atoms with van der Waals surface area (Å²) >= 11 is 1.41. The molecule has 1 unspecified atom stereocenters. The lowest BCUT2D eigenvalue weighted by Crippen LogP contribution is -1.93. The second-order valence-electron chi connectivity index (χ2n) is 4.36. The van der Waals surface area contributed by atoms with E-state index in [-0.39, 0.29) is 22.3 Å². The highest BCUT2D eigenvalue weighted by Gasteiger charge is 2.14. The van der Waals surface area contributed by atoms with Crippen LogP contribution in [0, 0.1) is 27.3 Å². The zero-order chi connectivity index (χ0) is 15.4. The van der Waals surface area contributed by atoms with E-state index >= 15 is 0 Å². The Kier molecular flexibility index (Phi) is 4.55. The summed E-state index contributed by atoms with van der Waals surface area (Å²) in [6, 6.07) is 12.3. The molecule has 0 N–H and O–H groups in total. The first-order valence-electron chi connectivity index (χ1n) is 6.12. The fourth-order valence-corrected chi connectivity index (χ4v) is 2.87. The number of rotatable bonds is 4. The van der Waals surface area contributed by atoms with E-state index in [2.05, 4.69) is 0 Å². The average molecular weight is 302 g/mol. The number of non-ortho nitro benzene ring substituents is 1. The Bertz CT molecular complexity index is 711. The average Bonchev–Trinajstić information content (AvgIpc) is 2.48. The molecule has 4 nitrogen and oxygen atoms in total. The molecule has 106 valence electrons. The molecule has 0 radical (unpaired) electrons. The molecule has 0 saturated carbocycles. The Morgan fingerprint density at radius 3 is 2.52 bits per heavy atom. The molecule has 21 heavy (non-hydrogen) atoms. The number of halogens is 1. The molecule has 0 spiro atoms. The third-order valence-electron chi connectivity index (χ3n) is 2.94. The molecule has 0 fully saturated rings. The summed E-state index contributed by atoms with van der Waals surface area (Å²) in [5.74, 6) is -0.302. The molecule has 0 saturated heterocycles. The molecule has 0 aliphatic carbocycles. The maximum atomic E-state index is 12.9. The summed E-state index contributed by atoms with van der Waals surface area (Å²) < 4.78 is 12.9. The van der Waals surface area contributed by atoms with Gasteiger partial charge >= 0.3 is 0 Å². The molecule has 0 aliphatic heterocycles. The molecule has 1 atom stereocenters. The van der Waals surface area contributed by atoms with Crippen molar-refractivity contribution in [3.05, 3.63) is 69.5 Å². The number of nitrogens with zero attached hydrogens (tertiary/aromatic N) is 2. The predicted molar refractivity (Wildman–Crippen MR) is 78.5 cm³/mol. The molecule has 2 aromatic rings. The third kappa shape index (κ3) is 3.58. The third-order valence-corrected chi connectivity index (χ3v) is 4.17. The van der Waals surface area contributed by atoms with E-state index in [1.165, 1.54) is 36.0 Å². The first-order valence-corrected chi connectivity index (χ1v) is 7.00. The minimum Gasteiger partial charge on any atom is -0.258 e. The van der Waals surface area contributed by atoms with Crippen LogP contribution in [0.4, 0.5) is 10.1 Å². The van der Waals surface area contributed by atoms with Gasteiger partial charge in [-0.1, -0.05) is 12.1 Å². The van der Waals surface area contributed by atoms with Crippen LogP contribution in [0.15, 0.2) is 47.4 Å². The molecule has 0 heterocycles. The highest BCUT2D eigenvalue weighted by molar-refractivity contribution is 7.99. The smallest absolute Gasteiger partial charge is 0.258 e. The molecule has 0 aliphatic rings. The van der Waals surface area contributed by atoms with Crippen LogP contribution in [0.1, 0.15) is 23.3 Å². The van der Waals surface area contributed by atoms with Crippen molar-refractivity contribution in [2.24, 2.45) is 0 Å². The molecule has 0 amide bonds. The second-order valence-corrected chi connectivity index (χ2v) is 5.74. The van der Waals surface area contributed by atoms with E-state index in [4.69, 9.17) is 5.26 Å². The highest BCUT2D eigenvalue weighted by Crippen LogP contribution is 2.37. The van der Waals surface area contributed by atoms with Gasteiger partial charge in [-0.3, -0.25) is 10.1 Å². The fraction of sp³-hybridized carbons (Fsp3) is 0.133. The standard InChI is InChI=1S/C15H11FN2O2S/c1-10(11-2-4-13(16)5-3-11)21-15-7-6-14(18(19)20)8-12(15)9-17/h2-8,10H,1H3. The van der Waals surface area contributed by atoms with Gasteiger partial charge in [-0.25, -0.2) is 4.39 Å². The highest BCUT2D eigenvalue weighted by atomic mass is 32.2. The Morgan fingerprint density at radius 1 is 1.29 bits per heavy atom. The van der Waals surface area contributed by atoms with Crippen molar-refractivity contribution in [3.8, 4) is 6.07 Å². The molecular formula is C15H11FN2O2S. The summed E-state index contributed by atoms with van der Waals surface area (Å²) in [7, 11) is 0. The van der Waals surface area contributed by atoms with Crippen LogP contribution in [0.3, 0.4) is 0 Å². The number of nitriles is 1. The van der Waals surface area contributed by atoms with Crippen LogP contribution in [-0.2, 0) is 0 Å². The van der Waals surface area contributed by atoms with E-state index in [1.54, 1.807) is 18.2 Å². The summed E-state index contributed by atoms with van der Waals surface area (Å²) in [5.41, 5.74) is 1.08. The number of hydrogen-bond acceptors (Lipinski definition) is 4. The Morgan fingerprint density at radius 2 is 1.95 bits per heavy atom. The van der Waals surface area contributed by atoms with Crippen molar-refractivity contribution in [1.29, 1.82) is 5.26 Å². The monoisotopic (exact) mass is 302 g/mol. The van der Waals surface area contributed by atoms with Crippen molar-refractivity contribution in [2.75, 3.05) is 0 Å². The molecule has 6 heteroatoms. The summed E-state index contributed by atoms with van der Waals surface area (Å²) in [6.07, 6.45) is 0. The number of benzene rings is 2. The van der Waals surface area contributed by atoms with E-state index in [0.29, 0.717) is 4.90 Å². The minimum atomic E-state index is -0.529. The van der Waals surface area contributed by atoms with Gasteiger partial charge in [-0.15, -0.1) is 11.8 Å². The van der Waals surface area contributed by atoms with Gasteiger partial charge in [0.2, 0.25) is 0 Å². The quantitative estimate of drug-likeness (QED) is 0.475. The summed E-state index contributed by atoms with van der Waals surface area (Å²) in [5, 5.41) is 19.8. The van der Waals surface area contributed by atoms with Gasteiger partial charge in [0.05, 0.1) is 10.5 Å². The number of hydrogen-bond donors (Lipinski definition) is 0. The van der Waals surface area contributed by atoms with Crippen LogP contribution in [0.2, 0.25) is 0 Å². The predicted octanol–water partition coefficient (Wildman–Crippen LogP) is 4.46. The largest absolute Gasteiger partial charge is 0.270 e. The summed E-state index contributed by atoms with van der Waals surface area (Å²) in [6.45, 7) is 1.93. The maximum Gasteiger partial charge on any atom is 0.270 e. The van der Waals surface area contributed by atoms with Gasteiger partial charge in [-0.2, -0.15) is 5.26 Å². The van der Waals surface area contributed by atoms with Gasteiger partial charge in [0.1, 0.15) is 11.9 Å². The van der Waals surface area contributed by atoms with E-state index in [0.717, 1.165) is 5.56 Å². The Hall–Kier alpha value is -2.39. The minimum absolute atomic E-state index is 0.000781. The number of thioether (sulfide) groups is 1. The van der Waals surface area contributed by atoms with Crippen molar-refractivity contribution < 1.29 is 9.31 Å². The van der Waals surface area contributed by atoms with Crippen molar-refractivity contribution >= 4 is 17.4 Å². The Labute approximate surface area is 125 Å². The lowest BCUT2D eigenvalue weighted by molar-refractivity contribution is -0.384. The maximum absolute atomic E-state index is 12.9. The van der Waals surface area contributed by atoms with Crippen LogP contribution >= 0.6 is 11.8 Å². The van der Waals surface area contributed by atoms with Gasteiger partial charge in [0.15, 0.2) is 0 Å². The normalized spacial score (nSPS) is 11.7. The molecule has 0 aromatic heterocycles. The zero-order valence-electron chi connectivity index (χ0n) is 11.1. The molecular weight excluding hydrogens is 291 g/mol. The van der Waals surface area contributed by atoms with Gasteiger partial charge in [0, 0.05) is 22.3 Å². The van der Waals surface area contributed by atoms with Crippen LogP contribution in [0.25, 0.3) is 0 Å². The fourth-order valence-electron chi connectivity index (χ4n) is 1.81. The SMILES string of the molecule is CC(Sc1ccc([N+](=O)[O-])cc1C#N)c1ccc(F)cc1. The summed E-state index contributed by atoms with van der Waals surface area (Å²) in [4.78, 5) is 10.8. The zero-order valence-corrected chi connectivity index (χ0v) is 11.9. The van der Waals surface area contributed by atoms with E-state index in [1.807, 2.05) is 13.0 Å². The Balaban J connectivity index is 2.25. The van der Waals surface area contributed by atoms with E-state index in [9.17, 15) is 14.5 Å². The van der Waals surface area contributed by atoms with Crippen molar-refractivity contribution in [2.45, 2.75) is 17.1 Å². The second kappa shape index (κ2) is 6.37. The van der Waals surface area contributed by atoms with Crippen molar-refractivity contribution in [1.82, 2.24) is 0 Å². The number of nitro benzene ring substituents is 1. The lowest BCUT2D eigenvalue weighted by Gasteiger charge is -2.12. The van der Waals surface area contributed by atoms with Gasteiger partial charge in [0.25, 0.3) is 5.69 Å². The van der Waals surface area contributed by atoms with Gasteiger partial charge in [-0.05, 0) is 30.7 Å². The molecule has 2 aromatic carbocycles. The van der Waals surface area contributed by atoms with Gasteiger partial charge < -0.3 is 0 Å². The van der Waals surface area contributed by atoms with Crippen LogP contribution in [-0.4, -0.2) is 4.92 Å². The van der Waals surface area contributed by atoms with Crippen LogP contribution in [0.5, 0.6) is 0 Å². The van der Waals surface area contributed by atoms with E-state index < -0.39 is 4.92 Å². The first-order chi connectivity index (χ1) is 10.0. The number of nitro groups is 1. The lowest BCUT2D eigenvalue weighted by atomic mass is 10.2. The topological polar surface area (TPSA) is 66.9 Å².